The molecule has 3 heterocycles. The van der Waals surface area contributed by atoms with Crippen LogP contribution in [0.15, 0.2) is 18.2 Å². The van der Waals surface area contributed by atoms with Crippen LogP contribution in [0.5, 0.6) is 11.5 Å². The highest BCUT2D eigenvalue weighted by Gasteiger charge is 2.42. The van der Waals surface area contributed by atoms with Gasteiger partial charge in [0, 0.05) is 37.6 Å². The van der Waals surface area contributed by atoms with Crippen LogP contribution in [0.25, 0.3) is 10.9 Å². The van der Waals surface area contributed by atoms with Crippen molar-refractivity contribution in [3.63, 3.8) is 0 Å². The zero-order chi connectivity index (χ0) is 19.0. The zero-order valence-electron chi connectivity index (χ0n) is 16.1. The van der Waals surface area contributed by atoms with Gasteiger partial charge < -0.3 is 25.0 Å². The summed E-state index contributed by atoms with van der Waals surface area (Å²) in [6, 6.07) is 6.01. The summed E-state index contributed by atoms with van der Waals surface area (Å²) in [4.78, 5) is 19.5. The molecule has 2 aliphatic heterocycles. The van der Waals surface area contributed by atoms with E-state index in [0.717, 1.165) is 54.8 Å². The Balaban J connectivity index is 1.62. The molecule has 0 unspecified atom stereocenters. The van der Waals surface area contributed by atoms with Crippen LogP contribution in [0.3, 0.4) is 0 Å². The number of aromatic nitrogens is 1. The summed E-state index contributed by atoms with van der Waals surface area (Å²) < 4.78 is 10.8. The predicted molar refractivity (Wildman–Crippen MR) is 105 cm³/mol. The smallest absolute Gasteiger partial charge is 0.240 e. The molecule has 0 saturated carbocycles. The summed E-state index contributed by atoms with van der Waals surface area (Å²) in [5.41, 5.74) is 1.61. The number of pyridine rings is 1. The van der Waals surface area contributed by atoms with Gasteiger partial charge in [-0.05, 0) is 37.5 Å². The minimum absolute atomic E-state index is 0.132. The summed E-state index contributed by atoms with van der Waals surface area (Å²) in [6.07, 6.45) is 1.56. The number of ether oxygens (including phenoxy) is 2. The van der Waals surface area contributed by atoms with Crippen molar-refractivity contribution >= 4 is 22.6 Å². The second-order valence-electron chi connectivity index (χ2n) is 7.27. The molecule has 1 aromatic heterocycles. The largest absolute Gasteiger partial charge is 0.493 e. The van der Waals surface area contributed by atoms with Gasteiger partial charge in [0.25, 0.3) is 0 Å². The molecule has 1 amide bonds. The van der Waals surface area contributed by atoms with Gasteiger partial charge in [-0.2, -0.15) is 0 Å². The Kier molecular flexibility index (Phi) is 4.55. The Morgan fingerprint density at radius 3 is 2.44 bits per heavy atom. The minimum Gasteiger partial charge on any atom is -0.493 e. The van der Waals surface area contributed by atoms with Crippen LogP contribution < -0.4 is 25.0 Å². The average Bonchev–Trinajstić information content (AvgIpc) is 2.70. The quantitative estimate of drug-likeness (QED) is 0.855. The molecule has 2 aromatic rings. The molecule has 0 aliphatic carbocycles. The lowest BCUT2D eigenvalue weighted by Crippen LogP contribution is -2.66. The highest BCUT2D eigenvalue weighted by atomic mass is 16.5. The molecule has 2 saturated heterocycles. The van der Waals surface area contributed by atoms with Gasteiger partial charge in [-0.1, -0.05) is 0 Å². The average molecular weight is 370 g/mol. The third kappa shape index (κ3) is 3.06. The standard InChI is InChI=1S/C20H26N4O3/c1-13-10-18(23-15-12-17(27-3)16(26-2)11-14(13)15)24-8-4-20(5-9-24)19(25)21-6-7-22-20/h10-12,22H,4-9H2,1-3H3,(H,21,25). The van der Waals surface area contributed by atoms with E-state index in [9.17, 15) is 4.79 Å². The molecule has 2 fully saturated rings. The van der Waals surface area contributed by atoms with E-state index >= 15 is 0 Å². The van der Waals surface area contributed by atoms with Crippen LogP contribution in [0.2, 0.25) is 0 Å². The number of carbonyl (C=O) groups excluding carboxylic acids is 1. The van der Waals surface area contributed by atoms with E-state index in [1.807, 2.05) is 12.1 Å². The Labute approximate surface area is 159 Å². The molecule has 2 N–H and O–H groups in total. The number of rotatable bonds is 3. The highest BCUT2D eigenvalue weighted by molar-refractivity contribution is 5.88. The Bertz CT molecular complexity index is 875. The summed E-state index contributed by atoms with van der Waals surface area (Å²) in [7, 11) is 3.27. The van der Waals surface area contributed by atoms with Crippen LogP contribution >= 0.6 is 0 Å². The molecule has 1 aromatic carbocycles. The minimum atomic E-state index is -0.419. The number of fused-ring (bicyclic) bond motifs is 1. The van der Waals surface area contributed by atoms with E-state index in [-0.39, 0.29) is 5.91 Å². The maximum atomic E-state index is 12.3. The molecule has 0 bridgehead atoms. The fraction of sp³-hybridized carbons (Fsp3) is 0.500. The first kappa shape index (κ1) is 17.9. The van der Waals surface area contributed by atoms with Gasteiger partial charge >= 0.3 is 0 Å². The van der Waals surface area contributed by atoms with Crippen LogP contribution in [-0.4, -0.2) is 56.8 Å². The topological polar surface area (TPSA) is 75.7 Å². The number of benzene rings is 1. The van der Waals surface area contributed by atoms with E-state index < -0.39 is 5.54 Å². The van der Waals surface area contributed by atoms with Gasteiger partial charge in [-0.15, -0.1) is 0 Å². The molecule has 144 valence electrons. The molecular formula is C20H26N4O3. The van der Waals surface area contributed by atoms with Gasteiger partial charge in [-0.25, -0.2) is 4.98 Å². The number of anilines is 1. The maximum Gasteiger partial charge on any atom is 0.240 e. The van der Waals surface area contributed by atoms with Crippen LogP contribution in [-0.2, 0) is 4.79 Å². The number of nitrogens with one attached hydrogen (secondary N) is 2. The molecule has 4 rings (SSSR count). The van der Waals surface area contributed by atoms with Crippen molar-refractivity contribution in [3.8, 4) is 11.5 Å². The molecule has 27 heavy (non-hydrogen) atoms. The van der Waals surface area contributed by atoms with Gasteiger partial charge in [0.1, 0.15) is 11.4 Å². The lowest BCUT2D eigenvalue weighted by atomic mass is 9.85. The first-order valence-electron chi connectivity index (χ1n) is 9.38. The lowest BCUT2D eigenvalue weighted by molar-refractivity contribution is -0.130. The fourth-order valence-corrected chi connectivity index (χ4v) is 4.11. The molecular weight excluding hydrogens is 344 g/mol. The number of amides is 1. The number of hydrogen-bond acceptors (Lipinski definition) is 6. The third-order valence-corrected chi connectivity index (χ3v) is 5.76. The zero-order valence-corrected chi connectivity index (χ0v) is 16.1. The number of piperidine rings is 1. The number of hydrogen-bond donors (Lipinski definition) is 2. The second kappa shape index (κ2) is 6.88. The van der Waals surface area contributed by atoms with Crippen LogP contribution in [0, 0.1) is 6.92 Å². The van der Waals surface area contributed by atoms with Crippen LogP contribution in [0.4, 0.5) is 5.82 Å². The maximum absolute atomic E-state index is 12.3. The normalized spacial score (nSPS) is 19.2. The van der Waals surface area contributed by atoms with Crippen molar-refractivity contribution in [2.24, 2.45) is 0 Å². The van der Waals surface area contributed by atoms with Crippen molar-refractivity contribution in [3.05, 3.63) is 23.8 Å². The van der Waals surface area contributed by atoms with Gasteiger partial charge in [0.15, 0.2) is 11.5 Å². The predicted octanol–water partition coefficient (Wildman–Crippen LogP) is 1.62. The fourth-order valence-electron chi connectivity index (χ4n) is 4.11. The first-order chi connectivity index (χ1) is 13.1. The highest BCUT2D eigenvalue weighted by Crippen LogP contribution is 2.35. The number of methoxy groups -OCH3 is 2. The van der Waals surface area contributed by atoms with E-state index in [0.29, 0.717) is 18.0 Å². The molecule has 0 atom stereocenters. The summed E-state index contributed by atoms with van der Waals surface area (Å²) in [5.74, 6) is 2.46. The number of aryl methyl sites for hydroxylation is 1. The Hall–Kier alpha value is -2.54. The van der Waals surface area contributed by atoms with Gasteiger partial charge in [-0.3, -0.25) is 4.79 Å². The summed E-state index contributed by atoms with van der Waals surface area (Å²) in [5, 5.41) is 7.48. The summed E-state index contributed by atoms with van der Waals surface area (Å²) >= 11 is 0. The Morgan fingerprint density at radius 2 is 1.78 bits per heavy atom. The van der Waals surface area contributed by atoms with Crippen molar-refractivity contribution in [1.29, 1.82) is 0 Å². The van der Waals surface area contributed by atoms with Crippen molar-refractivity contribution in [1.82, 2.24) is 15.6 Å². The number of piperazine rings is 1. The van der Waals surface area contributed by atoms with Crippen molar-refractivity contribution in [2.75, 3.05) is 45.3 Å². The second-order valence-corrected chi connectivity index (χ2v) is 7.27. The van der Waals surface area contributed by atoms with Crippen molar-refractivity contribution in [2.45, 2.75) is 25.3 Å². The first-order valence-corrected chi connectivity index (χ1v) is 9.38. The molecule has 7 nitrogen and oxygen atoms in total. The van der Waals surface area contributed by atoms with Gasteiger partial charge in [0.2, 0.25) is 5.91 Å². The van der Waals surface area contributed by atoms with Crippen molar-refractivity contribution < 1.29 is 14.3 Å². The summed E-state index contributed by atoms with van der Waals surface area (Å²) in [6.45, 7) is 5.22. The van der Waals surface area contributed by atoms with Gasteiger partial charge in [0.05, 0.1) is 19.7 Å². The monoisotopic (exact) mass is 370 g/mol. The lowest BCUT2D eigenvalue weighted by Gasteiger charge is -2.43. The molecule has 0 radical (unpaired) electrons. The van der Waals surface area contributed by atoms with Crippen LogP contribution in [0.1, 0.15) is 18.4 Å². The Morgan fingerprint density at radius 1 is 1.07 bits per heavy atom. The molecule has 7 heteroatoms. The number of nitrogens with zero attached hydrogens (tertiary/aromatic N) is 2. The molecule has 2 aliphatic rings. The SMILES string of the molecule is COc1cc2nc(N3CCC4(CC3)NCCNC4=O)cc(C)c2cc1OC. The number of carbonyl (C=O) groups is 1. The van der Waals surface area contributed by atoms with E-state index in [1.165, 1.54) is 0 Å². The van der Waals surface area contributed by atoms with E-state index in [1.54, 1.807) is 14.2 Å². The third-order valence-electron chi connectivity index (χ3n) is 5.76. The van der Waals surface area contributed by atoms with E-state index in [4.69, 9.17) is 14.5 Å². The van der Waals surface area contributed by atoms with E-state index in [2.05, 4.69) is 28.5 Å². The molecule has 1 spiro atoms.